The number of primary amides is 1. The van der Waals surface area contributed by atoms with Gasteiger partial charge >= 0.3 is 23.9 Å². The number of carbonyl (C=O) groups excluding carboxylic acids is 20. The normalized spacial score (nSPS) is 15.1. The summed E-state index contributed by atoms with van der Waals surface area (Å²) in [6, 6.07) is -19.0. The maximum absolute atomic E-state index is 14.6. The SMILES string of the molecule is CC(C)C[C@H](NC(=O)[C@H](Cc1ccc(O)cc1)NC(=O)[C@H](CO)NC(=O)[C@H](CO)NC(=O)[C@@H](NC(=O)[C@H](CC(=O)O)NC(=O)[C@@H](CO)NC(=O)[C@@H](NC(=O)[C@H](Cc1ccccc1)NC(=O)[C@@H](NC(=O)CNC(=O)[C@H](CCC(=O)O)NC(=O)[C@H](C)NC(=O)[C@@H](N)Cc1c[nH]cn1)[C@@H](C)O)[C@@H](C)O)C(C)C)C(=O)N[C@@H](CCC(=O)O)C(=O)NCC(=O)N[C@@H](CCC(N)=O)C(=O)N[C@@H](C)C(=O)N[C@@H](C)C(=O)N[C@@H](CCCCN)C(=O)O. The predicted octanol–water partition coefficient (Wildman–Crippen LogP) is -12.9. The van der Waals surface area contributed by atoms with E-state index in [1.807, 2.05) is 10.6 Å². The second-order valence-corrected chi connectivity index (χ2v) is 35.3. The standard InChI is InChI=1S/C90H136N24O34/c1-41(2)29-57(80(137)103-54(24-27-68(126)127)78(135)95-35-65(122)101-55(22-25-64(93)121)79(136)100-43(5)73(130)98-44(6)75(132)104-56(90(147)148)17-13-14-28-91)105-81(138)58(31-49-18-20-51(120)21-19-49)106-84(141)61(37-115)109-86(143)63(39-117)110-87(144)70(42(3)4)113-83(140)60(33-69(128)129)107-85(142)62(38-116)111-89(146)72(47(9)119)114-82(139)59(30-48-15-11-10-12-16-48)108-88(145)71(46(8)118)112-66(123)36-96-77(134)53(23-26-67(124)125)102-74(131)45(7)99-76(133)52(92)32-50-34-94-40-97-50/h10-12,15-16,18-21,34,40-47,52-63,70-72,115-120H,13-14,17,22-33,35-39,91-92H2,1-9H3,(H2,93,121)(H,94,97)(H,95,135)(H,96,134)(H,98,130)(H,99,133)(H,100,136)(H,101,122)(H,102,131)(H,103,137)(H,104,132)(H,105,138)(H,106,141)(H,107,142)(H,108,145)(H,109,143)(H,110,144)(H,111,146)(H,112,123)(H,113,140)(H,114,139)(H,124,125)(H,126,127)(H,128,129)(H,147,148)/t43-,44-,45-,46+,47+,52-,53-,54-,55-,56-,57-,58-,59-,60-,61-,62+,63-,70-,71-,72-/m0/s1. The number of aliphatic hydroxyl groups is 5. The first-order chi connectivity index (χ1) is 69.5. The fraction of sp³-hybridized carbons (Fsp3) is 0.567. The van der Waals surface area contributed by atoms with Gasteiger partial charge in [0.25, 0.3) is 0 Å². The van der Waals surface area contributed by atoms with E-state index in [4.69, 9.17) is 17.2 Å². The maximum atomic E-state index is 14.6. The number of aliphatic hydroxyl groups excluding tert-OH is 5. The van der Waals surface area contributed by atoms with Gasteiger partial charge in [-0.25, -0.2) is 9.78 Å². The van der Waals surface area contributed by atoms with Crippen LogP contribution in [0.3, 0.4) is 0 Å². The lowest BCUT2D eigenvalue weighted by Crippen LogP contribution is -2.63. The third-order valence-corrected chi connectivity index (χ3v) is 22.0. The summed E-state index contributed by atoms with van der Waals surface area (Å²) in [6.07, 6.45) is -6.27. The number of aromatic nitrogens is 2. The number of H-pyrrole nitrogens is 1. The van der Waals surface area contributed by atoms with Gasteiger partial charge in [0.1, 0.15) is 108 Å². The van der Waals surface area contributed by atoms with Crippen LogP contribution in [0.4, 0.5) is 0 Å². The van der Waals surface area contributed by atoms with Crippen LogP contribution >= 0.6 is 0 Å². The average Bonchev–Trinajstić information content (AvgIpc) is 0.868. The number of aromatic hydroxyl groups is 1. The molecule has 148 heavy (non-hydrogen) atoms. The summed E-state index contributed by atoms with van der Waals surface area (Å²) in [5, 5.41) is 145. The highest BCUT2D eigenvalue weighted by Gasteiger charge is 2.41. The minimum absolute atomic E-state index is 0.0264. The Hall–Kier alpha value is -15.5. The van der Waals surface area contributed by atoms with Crippen LogP contribution < -0.4 is 118 Å². The Morgan fingerprint density at radius 3 is 1.17 bits per heavy atom. The summed E-state index contributed by atoms with van der Waals surface area (Å²) >= 11 is 0. The zero-order chi connectivity index (χ0) is 112. The molecule has 820 valence electrons. The molecule has 0 unspecified atom stereocenters. The number of unbranched alkanes of at least 4 members (excludes halogenated alkanes) is 1. The van der Waals surface area contributed by atoms with Crippen LogP contribution in [0.25, 0.3) is 0 Å². The van der Waals surface area contributed by atoms with Gasteiger partial charge < -0.3 is 174 Å². The molecule has 0 bridgehead atoms. The number of phenolic OH excluding ortho intramolecular Hbond substituents is 1. The number of carbonyl (C=O) groups is 24. The van der Waals surface area contributed by atoms with Gasteiger partial charge in [-0.15, -0.1) is 0 Å². The van der Waals surface area contributed by atoms with E-state index < -0.39 is 366 Å². The summed E-state index contributed by atoms with van der Waals surface area (Å²) in [6.45, 7) is 5.74. The van der Waals surface area contributed by atoms with Crippen LogP contribution in [0.5, 0.6) is 5.75 Å². The fourth-order valence-electron chi connectivity index (χ4n) is 13.7. The lowest BCUT2D eigenvalue weighted by atomic mass is 10.00. The largest absolute Gasteiger partial charge is 0.508 e. The lowest BCUT2D eigenvalue weighted by Gasteiger charge is -2.29. The lowest BCUT2D eigenvalue weighted by molar-refractivity contribution is -0.142. The number of rotatable bonds is 68. The summed E-state index contributed by atoms with van der Waals surface area (Å²) in [5.41, 5.74) is 17.7. The number of aromatic amines is 1. The van der Waals surface area contributed by atoms with Crippen LogP contribution in [0.1, 0.15) is 150 Å². The molecule has 0 aliphatic rings. The molecule has 0 radical (unpaired) electrons. The van der Waals surface area contributed by atoms with Gasteiger partial charge in [0.05, 0.1) is 69.6 Å². The number of aliphatic carboxylic acids is 4. The van der Waals surface area contributed by atoms with Gasteiger partial charge in [-0.2, -0.15) is 0 Å². The van der Waals surface area contributed by atoms with Gasteiger partial charge in [0.15, 0.2) is 0 Å². The van der Waals surface area contributed by atoms with Gasteiger partial charge in [-0.1, -0.05) is 70.2 Å². The number of carboxylic acid groups (broad SMARTS) is 4. The fourth-order valence-corrected chi connectivity index (χ4v) is 13.7. The molecule has 58 nitrogen and oxygen atoms in total. The Morgan fingerprint density at radius 1 is 0.358 bits per heavy atom. The number of benzene rings is 2. The van der Waals surface area contributed by atoms with Gasteiger partial charge in [-0.05, 0) is 121 Å². The van der Waals surface area contributed by atoms with Crippen molar-refractivity contribution in [3.63, 3.8) is 0 Å². The van der Waals surface area contributed by atoms with E-state index in [2.05, 4.69) is 100 Å². The molecule has 2 aromatic carbocycles. The van der Waals surface area contributed by atoms with Crippen LogP contribution in [-0.2, 0) is 134 Å². The van der Waals surface area contributed by atoms with Crippen LogP contribution in [0.15, 0.2) is 67.1 Å². The summed E-state index contributed by atoms with van der Waals surface area (Å²) in [5.74, 6) is -31.6. The highest BCUT2D eigenvalue weighted by atomic mass is 16.4. The maximum Gasteiger partial charge on any atom is 0.326 e. The average molecular weight is 2100 g/mol. The molecule has 0 fully saturated rings. The number of phenols is 1. The van der Waals surface area contributed by atoms with E-state index in [9.17, 15) is 166 Å². The first-order valence-corrected chi connectivity index (χ1v) is 46.8. The minimum atomic E-state index is -2.23. The number of carboxylic acids is 4. The Morgan fingerprint density at radius 2 is 0.723 bits per heavy atom. The molecular weight excluding hydrogens is 1960 g/mol. The van der Waals surface area contributed by atoms with Crippen molar-refractivity contribution in [2.45, 2.75) is 273 Å². The monoisotopic (exact) mass is 2100 g/mol. The molecule has 3 rings (SSSR count). The molecule has 58 heteroatoms. The van der Waals surface area contributed by atoms with E-state index in [0.29, 0.717) is 24.1 Å². The summed E-state index contributed by atoms with van der Waals surface area (Å²) < 4.78 is 0. The van der Waals surface area contributed by atoms with Crippen molar-refractivity contribution in [1.82, 2.24) is 111 Å². The number of hydrogen-bond donors (Lipinski definition) is 33. The first kappa shape index (κ1) is 127. The Kier molecular flexibility index (Phi) is 55.0. The van der Waals surface area contributed by atoms with Crippen molar-refractivity contribution < 1.29 is 166 Å². The molecule has 1 aromatic heterocycles. The molecular formula is C90H136N24O34. The third-order valence-electron chi connectivity index (χ3n) is 22.0. The van der Waals surface area contributed by atoms with E-state index in [1.165, 1.54) is 95.7 Å². The van der Waals surface area contributed by atoms with Crippen molar-refractivity contribution in [2.24, 2.45) is 29.0 Å². The number of nitrogens with one attached hydrogen (secondary N) is 20. The molecule has 20 atom stereocenters. The van der Waals surface area contributed by atoms with E-state index in [-0.39, 0.29) is 37.1 Å². The second-order valence-electron chi connectivity index (χ2n) is 35.3. The predicted molar refractivity (Wildman–Crippen MR) is 512 cm³/mol. The van der Waals surface area contributed by atoms with E-state index in [0.717, 1.165) is 13.8 Å². The quantitative estimate of drug-likeness (QED) is 0.0233. The van der Waals surface area contributed by atoms with Crippen molar-refractivity contribution >= 4 is 142 Å². The van der Waals surface area contributed by atoms with Crippen LogP contribution in [0, 0.1) is 11.8 Å². The van der Waals surface area contributed by atoms with Crippen molar-refractivity contribution in [1.29, 1.82) is 0 Å². The van der Waals surface area contributed by atoms with Crippen molar-refractivity contribution in [3.8, 4) is 5.75 Å². The molecule has 0 spiro atoms. The second kappa shape index (κ2) is 64.3. The number of hydrogen-bond acceptors (Lipinski definition) is 33. The molecule has 0 saturated heterocycles. The van der Waals surface area contributed by atoms with Gasteiger partial charge in [-0.3, -0.25) is 110 Å². The van der Waals surface area contributed by atoms with Gasteiger partial charge in [0, 0.05) is 44.7 Å². The Bertz CT molecular complexity index is 5050. The molecule has 36 N–H and O–H groups in total. The number of amides is 20. The van der Waals surface area contributed by atoms with E-state index in [1.54, 1.807) is 19.9 Å². The molecule has 0 aliphatic carbocycles. The third kappa shape index (κ3) is 46.2. The Labute approximate surface area is 847 Å². The van der Waals surface area contributed by atoms with Crippen LogP contribution in [0.2, 0.25) is 0 Å². The molecule has 0 aliphatic heterocycles. The first-order valence-electron chi connectivity index (χ1n) is 46.8. The summed E-state index contributed by atoms with van der Waals surface area (Å²) in [7, 11) is 0. The molecule has 3 aromatic rings. The minimum Gasteiger partial charge on any atom is -0.508 e. The van der Waals surface area contributed by atoms with Crippen molar-refractivity contribution in [2.75, 3.05) is 39.5 Å². The number of nitrogens with two attached hydrogens (primary N) is 3. The molecule has 1 heterocycles. The smallest absolute Gasteiger partial charge is 0.326 e. The number of imidazole rings is 1. The highest BCUT2D eigenvalue weighted by molar-refractivity contribution is 6.03. The Balaban J connectivity index is 1.81. The van der Waals surface area contributed by atoms with E-state index >= 15 is 0 Å². The zero-order valence-electron chi connectivity index (χ0n) is 82.6. The topological polar surface area (TPSA) is 947 Å². The highest BCUT2D eigenvalue weighted by Crippen LogP contribution is 2.17. The zero-order valence-corrected chi connectivity index (χ0v) is 82.6. The molecule has 20 amide bonds. The van der Waals surface area contributed by atoms with Crippen molar-refractivity contribution in [3.05, 3.63) is 83.9 Å². The van der Waals surface area contributed by atoms with Gasteiger partial charge in [0.2, 0.25) is 118 Å². The number of nitrogens with zero attached hydrogens (tertiary/aromatic N) is 1. The summed E-state index contributed by atoms with van der Waals surface area (Å²) in [4.78, 5) is 328. The van der Waals surface area contributed by atoms with Crippen LogP contribution in [-0.4, -0.2) is 363 Å². The molecule has 0 saturated carbocycles.